The maximum absolute atomic E-state index is 13.9. The van der Waals surface area contributed by atoms with Crippen LogP contribution >= 0.6 is 0 Å². The quantitative estimate of drug-likeness (QED) is 0.493. The van der Waals surface area contributed by atoms with Crippen LogP contribution in [0.25, 0.3) is 22.0 Å². The summed E-state index contributed by atoms with van der Waals surface area (Å²) in [5.41, 5.74) is 6.45. The van der Waals surface area contributed by atoms with E-state index < -0.39 is 0 Å². The number of nitrogens with zero attached hydrogens (tertiary/aromatic N) is 4. The van der Waals surface area contributed by atoms with Crippen LogP contribution < -0.4 is 9.80 Å². The molecule has 160 valence electrons. The number of aryl methyl sites for hydroxylation is 1. The maximum Gasteiger partial charge on any atom is 0.298 e. The second-order valence-corrected chi connectivity index (χ2v) is 8.25. The molecule has 0 atom stereocenters. The van der Waals surface area contributed by atoms with Crippen molar-refractivity contribution in [2.75, 3.05) is 42.6 Å². The Kier molecular flexibility index (Phi) is 4.38. The number of hydrogen-bond acceptors (Lipinski definition) is 5. The highest BCUT2D eigenvalue weighted by Gasteiger charge is 2.25. The molecule has 0 bridgehead atoms. The third kappa shape index (κ3) is 3.07. The number of fused-ring (bicyclic) bond motifs is 4. The van der Waals surface area contributed by atoms with Crippen molar-refractivity contribution in [3.63, 3.8) is 0 Å². The Bertz CT molecular complexity index is 1270. The summed E-state index contributed by atoms with van der Waals surface area (Å²) in [7, 11) is 0. The molecule has 0 spiro atoms. The van der Waals surface area contributed by atoms with E-state index in [0.29, 0.717) is 19.2 Å². The number of hydrogen-bond donors (Lipinski definition) is 0. The molecule has 6 rings (SSSR count). The largest absolute Gasteiger partial charge is 0.423 e. The van der Waals surface area contributed by atoms with E-state index in [2.05, 4.69) is 33.4 Å². The molecule has 2 aliphatic heterocycles. The van der Waals surface area contributed by atoms with Gasteiger partial charge in [0, 0.05) is 61.5 Å². The van der Waals surface area contributed by atoms with Gasteiger partial charge in [-0.3, -0.25) is 0 Å². The Morgan fingerprint density at radius 1 is 1.03 bits per heavy atom. The highest BCUT2D eigenvalue weighted by atomic mass is 19.1. The van der Waals surface area contributed by atoms with Gasteiger partial charge in [-0.15, -0.1) is 0 Å². The number of oxazole rings is 1. The molecular formula is C24H25FN4O2. The van der Waals surface area contributed by atoms with Crippen molar-refractivity contribution in [1.82, 2.24) is 9.55 Å². The SMILES string of the molecule is CCn1c2c(c3ccc(F)cc31)CN(c1ccc3oc(N4CCOCC4)nc3c1)CC2. The number of morpholine rings is 1. The van der Waals surface area contributed by atoms with Gasteiger partial charge in [-0.25, -0.2) is 4.39 Å². The normalized spacial score (nSPS) is 17.0. The van der Waals surface area contributed by atoms with Gasteiger partial charge in [0.1, 0.15) is 11.3 Å². The van der Waals surface area contributed by atoms with E-state index in [0.717, 1.165) is 66.8 Å². The molecular weight excluding hydrogens is 395 g/mol. The zero-order valence-electron chi connectivity index (χ0n) is 17.6. The van der Waals surface area contributed by atoms with Crippen molar-refractivity contribution in [3.05, 3.63) is 53.5 Å². The van der Waals surface area contributed by atoms with E-state index in [1.54, 1.807) is 12.1 Å². The highest BCUT2D eigenvalue weighted by Crippen LogP contribution is 2.34. The molecule has 0 N–H and O–H groups in total. The topological polar surface area (TPSA) is 46.7 Å². The molecule has 2 aliphatic rings. The van der Waals surface area contributed by atoms with Crippen LogP contribution in [-0.2, 0) is 24.2 Å². The first kappa shape index (κ1) is 18.7. The number of anilines is 2. The first-order valence-electron chi connectivity index (χ1n) is 11.0. The van der Waals surface area contributed by atoms with Crippen LogP contribution in [0.1, 0.15) is 18.2 Å². The van der Waals surface area contributed by atoms with Gasteiger partial charge in [-0.2, -0.15) is 4.98 Å². The smallest absolute Gasteiger partial charge is 0.298 e. The Labute approximate surface area is 179 Å². The van der Waals surface area contributed by atoms with Crippen molar-refractivity contribution in [1.29, 1.82) is 0 Å². The van der Waals surface area contributed by atoms with Crippen LogP contribution in [0.4, 0.5) is 16.1 Å². The molecule has 0 radical (unpaired) electrons. The van der Waals surface area contributed by atoms with Crippen LogP contribution in [0.5, 0.6) is 0 Å². The summed E-state index contributed by atoms with van der Waals surface area (Å²) in [5.74, 6) is -0.179. The first-order chi connectivity index (χ1) is 15.2. The van der Waals surface area contributed by atoms with Gasteiger partial charge in [0.05, 0.1) is 18.7 Å². The fourth-order valence-electron chi connectivity index (χ4n) is 4.99. The van der Waals surface area contributed by atoms with Crippen molar-refractivity contribution in [2.45, 2.75) is 26.4 Å². The molecule has 1 fully saturated rings. The molecule has 0 saturated carbocycles. The zero-order chi connectivity index (χ0) is 20.9. The highest BCUT2D eigenvalue weighted by molar-refractivity contribution is 5.87. The summed E-state index contributed by atoms with van der Waals surface area (Å²) in [6.07, 6.45) is 0.940. The summed E-state index contributed by atoms with van der Waals surface area (Å²) >= 11 is 0. The monoisotopic (exact) mass is 420 g/mol. The van der Waals surface area contributed by atoms with Gasteiger partial charge in [-0.1, -0.05) is 0 Å². The van der Waals surface area contributed by atoms with E-state index in [1.165, 1.54) is 11.3 Å². The summed E-state index contributed by atoms with van der Waals surface area (Å²) < 4.78 is 27.6. The molecule has 2 aromatic heterocycles. The van der Waals surface area contributed by atoms with Gasteiger partial charge in [0.2, 0.25) is 0 Å². The van der Waals surface area contributed by atoms with Crippen molar-refractivity contribution < 1.29 is 13.5 Å². The number of halogens is 1. The number of benzene rings is 2. The fourth-order valence-corrected chi connectivity index (χ4v) is 4.99. The second-order valence-electron chi connectivity index (χ2n) is 8.25. The molecule has 4 heterocycles. The minimum Gasteiger partial charge on any atom is -0.423 e. The Morgan fingerprint density at radius 3 is 2.74 bits per heavy atom. The Morgan fingerprint density at radius 2 is 1.90 bits per heavy atom. The minimum absolute atomic E-state index is 0.179. The average molecular weight is 420 g/mol. The van der Waals surface area contributed by atoms with Crippen LogP contribution in [0.2, 0.25) is 0 Å². The molecule has 4 aromatic rings. The first-order valence-corrected chi connectivity index (χ1v) is 11.0. The molecule has 0 unspecified atom stereocenters. The third-order valence-corrected chi connectivity index (χ3v) is 6.54. The number of rotatable bonds is 3. The van der Waals surface area contributed by atoms with Gasteiger partial charge < -0.3 is 23.5 Å². The van der Waals surface area contributed by atoms with Crippen LogP contribution in [0.3, 0.4) is 0 Å². The van der Waals surface area contributed by atoms with Crippen molar-refractivity contribution in [2.24, 2.45) is 0 Å². The van der Waals surface area contributed by atoms with Gasteiger partial charge >= 0.3 is 0 Å². The molecule has 6 nitrogen and oxygen atoms in total. The standard InChI is InChI=1S/C24H25FN4O2/c1-2-29-21-7-8-28(15-19(21)18-5-3-16(25)13-22(18)29)17-4-6-23-20(14-17)26-24(31-23)27-9-11-30-12-10-27/h3-6,13-14H,2,7-12,15H2,1H3. The lowest BCUT2D eigenvalue weighted by Gasteiger charge is -2.30. The van der Waals surface area contributed by atoms with Crippen molar-refractivity contribution in [3.8, 4) is 0 Å². The average Bonchev–Trinajstić information content (AvgIpc) is 3.37. The molecule has 2 aromatic carbocycles. The molecule has 31 heavy (non-hydrogen) atoms. The predicted molar refractivity (Wildman–Crippen MR) is 119 cm³/mol. The van der Waals surface area contributed by atoms with Crippen LogP contribution in [0.15, 0.2) is 40.8 Å². The van der Waals surface area contributed by atoms with Gasteiger partial charge in [-0.05, 0) is 43.3 Å². The van der Waals surface area contributed by atoms with Crippen molar-refractivity contribution >= 4 is 33.7 Å². The Hall–Kier alpha value is -3.06. The Balaban J connectivity index is 1.34. The zero-order valence-corrected chi connectivity index (χ0v) is 17.6. The van der Waals surface area contributed by atoms with Gasteiger partial charge in [0.25, 0.3) is 6.01 Å². The fraction of sp³-hybridized carbons (Fsp3) is 0.375. The van der Waals surface area contributed by atoms with Gasteiger partial charge in [0.15, 0.2) is 5.58 Å². The summed E-state index contributed by atoms with van der Waals surface area (Å²) in [6.45, 7) is 7.72. The predicted octanol–water partition coefficient (Wildman–Crippen LogP) is 4.34. The lowest BCUT2D eigenvalue weighted by Crippen LogP contribution is -2.36. The lowest BCUT2D eigenvalue weighted by molar-refractivity contribution is 0.120. The maximum atomic E-state index is 13.9. The molecule has 7 heteroatoms. The summed E-state index contributed by atoms with van der Waals surface area (Å²) in [4.78, 5) is 9.26. The molecule has 0 amide bonds. The van der Waals surface area contributed by atoms with Crippen LogP contribution in [-0.4, -0.2) is 42.4 Å². The third-order valence-electron chi connectivity index (χ3n) is 6.54. The minimum atomic E-state index is -0.179. The summed E-state index contributed by atoms with van der Waals surface area (Å²) in [5, 5.41) is 1.15. The lowest BCUT2D eigenvalue weighted by atomic mass is 10.0. The second kappa shape index (κ2) is 7.27. The van der Waals surface area contributed by atoms with E-state index in [9.17, 15) is 4.39 Å². The van der Waals surface area contributed by atoms with E-state index in [-0.39, 0.29) is 5.82 Å². The number of ether oxygens (including phenoxy) is 1. The summed E-state index contributed by atoms with van der Waals surface area (Å²) in [6, 6.07) is 12.1. The molecule has 0 aliphatic carbocycles. The van der Waals surface area contributed by atoms with E-state index in [4.69, 9.17) is 14.1 Å². The number of aromatic nitrogens is 2. The van der Waals surface area contributed by atoms with Crippen LogP contribution in [0, 0.1) is 5.82 Å². The van der Waals surface area contributed by atoms with E-state index in [1.807, 2.05) is 12.1 Å². The van der Waals surface area contributed by atoms with E-state index >= 15 is 0 Å². The molecule has 1 saturated heterocycles.